The minimum Gasteiger partial charge on any atom is -0.314 e. The van der Waals surface area contributed by atoms with Crippen molar-refractivity contribution >= 4 is 0 Å². The van der Waals surface area contributed by atoms with Gasteiger partial charge in [-0.15, -0.1) is 0 Å². The maximum absolute atomic E-state index is 8.59. The number of nitrogens with one attached hydrogen (secondary N) is 1. The van der Waals surface area contributed by atoms with Gasteiger partial charge in [0.1, 0.15) is 0 Å². The second-order valence-electron chi connectivity index (χ2n) is 2.80. The van der Waals surface area contributed by atoms with Crippen molar-refractivity contribution in [3.8, 4) is 6.07 Å². The Morgan fingerprint density at radius 1 is 1.69 bits per heavy atom. The molecule has 0 atom stereocenters. The van der Waals surface area contributed by atoms with Gasteiger partial charge in [-0.1, -0.05) is 0 Å². The van der Waals surface area contributed by atoms with Gasteiger partial charge in [0.2, 0.25) is 0 Å². The molecule has 0 aliphatic rings. The predicted molar refractivity (Wildman–Crippen MR) is 50.0 cm³/mol. The number of hydrogen-bond acceptors (Lipinski definition) is 3. The van der Waals surface area contributed by atoms with Crippen molar-refractivity contribution in [1.29, 1.82) is 5.26 Å². The highest BCUT2D eigenvalue weighted by atomic mass is 15.3. The second kappa shape index (κ2) is 4.63. The summed E-state index contributed by atoms with van der Waals surface area (Å²) < 4.78 is 1.92. The van der Waals surface area contributed by atoms with Crippen LogP contribution in [0, 0.1) is 11.3 Å². The molecule has 0 saturated heterocycles. The van der Waals surface area contributed by atoms with Gasteiger partial charge in [0.05, 0.1) is 24.4 Å². The van der Waals surface area contributed by atoms with E-state index >= 15 is 0 Å². The molecule has 1 aromatic heterocycles. The molecule has 4 heteroatoms. The Morgan fingerprint density at radius 2 is 2.46 bits per heavy atom. The number of nitriles is 1. The van der Waals surface area contributed by atoms with E-state index in [1.807, 2.05) is 18.7 Å². The summed E-state index contributed by atoms with van der Waals surface area (Å²) >= 11 is 0. The molecule has 70 valence electrons. The van der Waals surface area contributed by atoms with Crippen molar-refractivity contribution in [2.75, 3.05) is 7.05 Å². The van der Waals surface area contributed by atoms with Gasteiger partial charge < -0.3 is 5.32 Å². The van der Waals surface area contributed by atoms with E-state index in [1.54, 1.807) is 6.20 Å². The van der Waals surface area contributed by atoms with Gasteiger partial charge in [-0.2, -0.15) is 10.4 Å². The van der Waals surface area contributed by atoms with Crippen molar-refractivity contribution in [1.82, 2.24) is 15.1 Å². The Kier molecular flexibility index (Phi) is 3.47. The van der Waals surface area contributed by atoms with Crippen molar-refractivity contribution < 1.29 is 0 Å². The van der Waals surface area contributed by atoms with Crippen LogP contribution in [0.3, 0.4) is 0 Å². The maximum Gasteiger partial charge on any atom is 0.0671 e. The van der Waals surface area contributed by atoms with Gasteiger partial charge in [-0.3, -0.25) is 4.68 Å². The standard InChI is InChI=1S/C9H14N4/c1-3-13-9(7-11-2)8(4-5-10)6-12-13/h6,11H,3-4,7H2,1-2H3. The first-order valence-corrected chi connectivity index (χ1v) is 4.38. The van der Waals surface area contributed by atoms with E-state index in [9.17, 15) is 0 Å². The van der Waals surface area contributed by atoms with Crippen LogP contribution in [0.4, 0.5) is 0 Å². The second-order valence-corrected chi connectivity index (χ2v) is 2.80. The Hall–Kier alpha value is -1.34. The summed E-state index contributed by atoms with van der Waals surface area (Å²) in [4.78, 5) is 0. The normalized spacial score (nSPS) is 9.92. The summed E-state index contributed by atoms with van der Waals surface area (Å²) in [6, 6.07) is 2.14. The summed E-state index contributed by atoms with van der Waals surface area (Å²) in [5, 5.41) is 15.9. The quantitative estimate of drug-likeness (QED) is 0.738. The molecule has 0 spiro atoms. The fourth-order valence-electron chi connectivity index (χ4n) is 1.33. The third-order valence-corrected chi connectivity index (χ3v) is 1.95. The smallest absolute Gasteiger partial charge is 0.0671 e. The number of aryl methyl sites for hydroxylation is 1. The third kappa shape index (κ3) is 2.07. The van der Waals surface area contributed by atoms with Crippen LogP contribution in [0.15, 0.2) is 6.20 Å². The van der Waals surface area contributed by atoms with E-state index in [1.165, 1.54) is 0 Å². The van der Waals surface area contributed by atoms with E-state index in [4.69, 9.17) is 5.26 Å². The zero-order valence-electron chi connectivity index (χ0n) is 8.04. The molecule has 4 nitrogen and oxygen atoms in total. The largest absolute Gasteiger partial charge is 0.314 e. The van der Waals surface area contributed by atoms with Crippen LogP contribution in [-0.2, 0) is 19.5 Å². The van der Waals surface area contributed by atoms with E-state index in [0.717, 1.165) is 24.3 Å². The maximum atomic E-state index is 8.59. The Bertz CT molecular complexity index is 308. The summed E-state index contributed by atoms with van der Waals surface area (Å²) in [5.41, 5.74) is 2.14. The zero-order valence-corrected chi connectivity index (χ0v) is 8.04. The third-order valence-electron chi connectivity index (χ3n) is 1.95. The molecule has 0 fully saturated rings. The van der Waals surface area contributed by atoms with Crippen LogP contribution >= 0.6 is 0 Å². The molecule has 0 bridgehead atoms. The molecule has 0 aromatic carbocycles. The van der Waals surface area contributed by atoms with Crippen molar-refractivity contribution in [2.45, 2.75) is 26.4 Å². The van der Waals surface area contributed by atoms with Crippen LogP contribution in [0.5, 0.6) is 0 Å². The minimum atomic E-state index is 0.441. The average Bonchev–Trinajstić information content (AvgIpc) is 2.50. The monoisotopic (exact) mass is 178 g/mol. The molecule has 0 saturated carbocycles. The Morgan fingerprint density at radius 3 is 3.00 bits per heavy atom. The molecular formula is C9H14N4. The van der Waals surface area contributed by atoms with Gasteiger partial charge in [-0.05, 0) is 14.0 Å². The molecule has 1 rings (SSSR count). The number of nitrogens with zero attached hydrogens (tertiary/aromatic N) is 3. The highest BCUT2D eigenvalue weighted by molar-refractivity contribution is 5.21. The first-order valence-electron chi connectivity index (χ1n) is 4.38. The molecular weight excluding hydrogens is 164 g/mol. The number of rotatable bonds is 4. The molecule has 0 aliphatic heterocycles. The van der Waals surface area contributed by atoms with E-state index < -0.39 is 0 Å². The van der Waals surface area contributed by atoms with Crippen molar-refractivity contribution in [3.63, 3.8) is 0 Å². The summed E-state index contributed by atoms with van der Waals surface area (Å²) in [6.45, 7) is 3.66. The van der Waals surface area contributed by atoms with Gasteiger partial charge >= 0.3 is 0 Å². The highest BCUT2D eigenvalue weighted by Gasteiger charge is 2.07. The fraction of sp³-hybridized carbons (Fsp3) is 0.556. The van der Waals surface area contributed by atoms with Gasteiger partial charge in [0.25, 0.3) is 0 Å². The Labute approximate surface area is 78.2 Å². The van der Waals surface area contributed by atoms with Crippen LogP contribution in [-0.4, -0.2) is 16.8 Å². The lowest BCUT2D eigenvalue weighted by molar-refractivity contribution is 0.601. The topological polar surface area (TPSA) is 53.6 Å². The molecule has 0 unspecified atom stereocenters. The first kappa shape index (κ1) is 9.75. The zero-order chi connectivity index (χ0) is 9.68. The van der Waals surface area contributed by atoms with E-state index in [-0.39, 0.29) is 0 Å². The Balaban J connectivity index is 2.93. The molecule has 0 aliphatic carbocycles. The number of aromatic nitrogens is 2. The van der Waals surface area contributed by atoms with Crippen LogP contribution in [0.25, 0.3) is 0 Å². The lowest BCUT2D eigenvalue weighted by Gasteiger charge is -2.05. The fourth-order valence-corrected chi connectivity index (χ4v) is 1.33. The van der Waals surface area contributed by atoms with Crippen molar-refractivity contribution in [2.24, 2.45) is 0 Å². The van der Waals surface area contributed by atoms with E-state index in [0.29, 0.717) is 6.42 Å². The molecule has 1 N–H and O–H groups in total. The molecule has 13 heavy (non-hydrogen) atoms. The van der Waals surface area contributed by atoms with Crippen LogP contribution < -0.4 is 5.32 Å². The van der Waals surface area contributed by atoms with Gasteiger partial charge in [0.15, 0.2) is 0 Å². The van der Waals surface area contributed by atoms with Crippen LogP contribution in [0.2, 0.25) is 0 Å². The summed E-state index contributed by atoms with van der Waals surface area (Å²) in [5.74, 6) is 0. The molecule has 1 aromatic rings. The molecule has 0 radical (unpaired) electrons. The number of hydrogen-bond donors (Lipinski definition) is 1. The van der Waals surface area contributed by atoms with E-state index in [2.05, 4.69) is 16.5 Å². The lowest BCUT2D eigenvalue weighted by atomic mass is 10.2. The van der Waals surface area contributed by atoms with Gasteiger partial charge in [0, 0.05) is 18.7 Å². The summed E-state index contributed by atoms with van der Waals surface area (Å²) in [6.07, 6.45) is 2.22. The minimum absolute atomic E-state index is 0.441. The highest BCUT2D eigenvalue weighted by Crippen LogP contribution is 2.08. The van der Waals surface area contributed by atoms with Crippen molar-refractivity contribution in [3.05, 3.63) is 17.5 Å². The molecule has 0 amide bonds. The molecule has 1 heterocycles. The lowest BCUT2D eigenvalue weighted by Crippen LogP contribution is -2.13. The average molecular weight is 178 g/mol. The summed E-state index contributed by atoms with van der Waals surface area (Å²) in [7, 11) is 1.89. The predicted octanol–water partition coefficient (Wildman–Crippen LogP) is 0.688. The van der Waals surface area contributed by atoms with Gasteiger partial charge in [-0.25, -0.2) is 0 Å². The SMILES string of the molecule is CCn1ncc(CC#N)c1CNC. The first-order chi connectivity index (χ1) is 6.33. The van der Waals surface area contributed by atoms with Crippen LogP contribution in [0.1, 0.15) is 18.2 Å².